The van der Waals surface area contributed by atoms with E-state index in [1.165, 1.54) is 0 Å². The fraction of sp³-hybridized carbons (Fsp3) is 0.222. The normalized spacial score (nSPS) is 18.9. The summed E-state index contributed by atoms with van der Waals surface area (Å²) in [7, 11) is 1.95. The van der Waals surface area contributed by atoms with E-state index >= 15 is 0 Å². The van der Waals surface area contributed by atoms with E-state index in [4.69, 9.17) is 0 Å². The van der Waals surface area contributed by atoms with Crippen LogP contribution in [0.4, 0.5) is 0 Å². The highest BCUT2D eigenvalue weighted by Gasteiger charge is 2.23. The molecule has 0 atom stereocenters. The van der Waals surface area contributed by atoms with Crippen LogP contribution >= 0.6 is 0 Å². The average Bonchev–Trinajstić information content (AvgIpc) is 2.34. The van der Waals surface area contributed by atoms with Crippen LogP contribution in [0.25, 0.3) is 0 Å². The van der Waals surface area contributed by atoms with Gasteiger partial charge >= 0.3 is 5.84 Å². The number of hydrogen-bond acceptors (Lipinski definition) is 0. The lowest BCUT2D eigenvalue weighted by atomic mass is 10.2. The summed E-state index contributed by atoms with van der Waals surface area (Å²) in [5.41, 5.74) is 1.11. The van der Waals surface area contributed by atoms with Crippen LogP contribution in [0.1, 0.15) is 6.92 Å². The zero-order valence-corrected chi connectivity index (χ0v) is 6.83. The lowest BCUT2D eigenvalue weighted by molar-refractivity contribution is 0.704. The lowest BCUT2D eigenvalue weighted by Gasteiger charge is -1.94. The minimum Gasteiger partial charge on any atom is -0.222 e. The smallest absolute Gasteiger partial charge is 0.222 e. The molecule has 0 N–H and O–H groups in total. The third-order valence-electron chi connectivity index (χ3n) is 1.57. The quantitative estimate of drug-likeness (QED) is 0.364. The number of hydrogen-bond donors (Lipinski definition) is 0. The molecular formula is C9H11N2+. The fourth-order valence-electron chi connectivity index (χ4n) is 0.985. The van der Waals surface area contributed by atoms with Crippen molar-refractivity contribution in [3.63, 3.8) is 0 Å². The summed E-state index contributed by atoms with van der Waals surface area (Å²) in [6.07, 6.45) is 5.98. The molecule has 0 spiro atoms. The first-order chi connectivity index (χ1) is 5.29. The predicted molar refractivity (Wildman–Crippen MR) is 48.4 cm³/mol. The molecule has 0 saturated carbocycles. The van der Waals surface area contributed by atoms with E-state index in [1.807, 2.05) is 37.2 Å². The lowest BCUT2D eigenvalue weighted by Crippen LogP contribution is -2.19. The third-order valence-corrected chi connectivity index (χ3v) is 1.57. The predicted octanol–water partition coefficient (Wildman–Crippen LogP) is 0.713. The minimum atomic E-state index is 0.905. The van der Waals surface area contributed by atoms with Crippen molar-refractivity contribution < 1.29 is 0 Å². The Balaban J connectivity index is 3.16. The molecule has 0 unspecified atom stereocenters. The standard InChI is InChI=1S/C9H11N2/c1-4-8-6-7-11(3)9(8)10-5-2/h4,6-7H,2H2,1,3H3/q+1/b8-4-. The number of rotatable bonds is 0. The Morgan fingerprint density at radius 2 is 2.45 bits per heavy atom. The van der Waals surface area contributed by atoms with Gasteiger partial charge in [-0.25, -0.2) is 4.90 Å². The molecule has 56 valence electrons. The van der Waals surface area contributed by atoms with Gasteiger partial charge in [0.1, 0.15) is 0 Å². The molecule has 0 radical (unpaired) electrons. The summed E-state index contributed by atoms with van der Waals surface area (Å²) in [5.74, 6) is 3.42. The number of amidine groups is 1. The Hall–Kier alpha value is -1.49. The molecule has 1 aliphatic heterocycles. The van der Waals surface area contributed by atoms with Crippen molar-refractivity contribution in [2.45, 2.75) is 6.92 Å². The molecule has 0 aromatic rings. The van der Waals surface area contributed by atoms with Gasteiger partial charge in [0.25, 0.3) is 0 Å². The number of allylic oxidation sites excluding steroid dienone is 1. The molecule has 0 amide bonds. The Morgan fingerprint density at radius 3 is 3.00 bits per heavy atom. The average molecular weight is 147 g/mol. The Labute approximate surface area is 66.6 Å². The summed E-state index contributed by atoms with van der Waals surface area (Å²) in [6, 6.07) is 0. The molecule has 0 aromatic carbocycles. The first kappa shape index (κ1) is 7.62. The van der Waals surface area contributed by atoms with Crippen molar-refractivity contribution in [2.24, 2.45) is 0 Å². The SMILES string of the molecule is C=C=[N+]=C1/C(=C\C)C=CN1C. The minimum absolute atomic E-state index is 0.905. The number of nitrogens with zero attached hydrogens (tertiary/aromatic N) is 2. The maximum absolute atomic E-state index is 4.01. The maximum Gasteiger partial charge on any atom is 0.392 e. The van der Waals surface area contributed by atoms with Crippen LogP contribution < -0.4 is 4.67 Å². The number of likely N-dealkylation sites (N-methyl/N-ethyl adjacent to an activating group) is 1. The topological polar surface area (TPSA) is 17.3 Å². The van der Waals surface area contributed by atoms with Crippen LogP contribution in [0.15, 0.2) is 30.5 Å². The van der Waals surface area contributed by atoms with Crippen LogP contribution in [-0.4, -0.2) is 23.7 Å². The Morgan fingerprint density at radius 1 is 1.73 bits per heavy atom. The molecule has 0 fully saturated rings. The van der Waals surface area contributed by atoms with Crippen molar-refractivity contribution in [2.75, 3.05) is 7.05 Å². The summed E-state index contributed by atoms with van der Waals surface area (Å²) in [4.78, 5) is 1.94. The van der Waals surface area contributed by atoms with Gasteiger partial charge in [-0.1, -0.05) is 6.08 Å². The van der Waals surface area contributed by atoms with E-state index in [-0.39, 0.29) is 0 Å². The second kappa shape index (κ2) is 3.07. The summed E-state index contributed by atoms with van der Waals surface area (Å²) in [5, 5.41) is 0. The van der Waals surface area contributed by atoms with Crippen LogP contribution in [0.5, 0.6) is 0 Å². The monoisotopic (exact) mass is 147 g/mol. The molecule has 11 heavy (non-hydrogen) atoms. The Bertz CT molecular complexity index is 298. The summed E-state index contributed by atoms with van der Waals surface area (Å²) < 4.78 is 4.01. The zero-order valence-electron chi connectivity index (χ0n) is 6.83. The van der Waals surface area contributed by atoms with Crippen molar-refractivity contribution in [3.05, 3.63) is 30.5 Å². The van der Waals surface area contributed by atoms with Gasteiger partial charge in [0, 0.05) is 6.58 Å². The largest absolute Gasteiger partial charge is 0.392 e. The van der Waals surface area contributed by atoms with Crippen LogP contribution in [-0.2, 0) is 0 Å². The highest BCUT2D eigenvalue weighted by Crippen LogP contribution is 2.09. The first-order valence-electron chi connectivity index (χ1n) is 3.47. The van der Waals surface area contributed by atoms with Crippen molar-refractivity contribution in [1.29, 1.82) is 0 Å². The van der Waals surface area contributed by atoms with E-state index in [1.54, 1.807) is 0 Å². The van der Waals surface area contributed by atoms with Crippen LogP contribution in [0.2, 0.25) is 0 Å². The second-order valence-electron chi connectivity index (χ2n) is 2.26. The summed E-state index contributed by atoms with van der Waals surface area (Å²) in [6.45, 7) is 5.42. The van der Waals surface area contributed by atoms with Gasteiger partial charge in [0.05, 0.1) is 18.8 Å². The molecular weight excluding hydrogens is 136 g/mol. The van der Waals surface area contributed by atoms with Gasteiger partial charge in [-0.15, -0.1) is 0 Å². The van der Waals surface area contributed by atoms with E-state index in [2.05, 4.69) is 17.1 Å². The van der Waals surface area contributed by atoms with Gasteiger partial charge in [0.15, 0.2) is 5.87 Å². The van der Waals surface area contributed by atoms with E-state index < -0.39 is 0 Å². The van der Waals surface area contributed by atoms with Gasteiger partial charge < -0.3 is 0 Å². The van der Waals surface area contributed by atoms with Crippen molar-refractivity contribution in [1.82, 2.24) is 9.57 Å². The fourth-order valence-corrected chi connectivity index (χ4v) is 0.985. The van der Waals surface area contributed by atoms with Gasteiger partial charge in [-0.3, -0.25) is 0 Å². The molecule has 1 aliphatic rings. The molecule has 0 saturated heterocycles. The molecule has 0 bridgehead atoms. The molecule has 2 heteroatoms. The van der Waals surface area contributed by atoms with Crippen LogP contribution in [0, 0.1) is 0 Å². The second-order valence-corrected chi connectivity index (χ2v) is 2.26. The molecule has 1 rings (SSSR count). The van der Waals surface area contributed by atoms with E-state index in [0.29, 0.717) is 0 Å². The molecule has 2 nitrogen and oxygen atoms in total. The molecule has 1 heterocycles. The highest BCUT2D eigenvalue weighted by atomic mass is 15.1. The van der Waals surface area contributed by atoms with Crippen LogP contribution in [0.3, 0.4) is 0 Å². The third kappa shape index (κ3) is 1.32. The first-order valence-corrected chi connectivity index (χ1v) is 3.47. The Kier molecular flexibility index (Phi) is 2.12. The van der Waals surface area contributed by atoms with E-state index in [0.717, 1.165) is 11.4 Å². The van der Waals surface area contributed by atoms with Gasteiger partial charge in [0.2, 0.25) is 0 Å². The van der Waals surface area contributed by atoms with E-state index in [9.17, 15) is 0 Å². The maximum atomic E-state index is 4.01. The van der Waals surface area contributed by atoms with Gasteiger partial charge in [-0.2, -0.15) is 4.67 Å². The van der Waals surface area contributed by atoms with Crippen molar-refractivity contribution in [3.8, 4) is 0 Å². The molecule has 0 aromatic heterocycles. The van der Waals surface area contributed by atoms with Gasteiger partial charge in [-0.05, 0) is 13.0 Å². The summed E-state index contributed by atoms with van der Waals surface area (Å²) >= 11 is 0. The highest BCUT2D eigenvalue weighted by molar-refractivity contribution is 6.03. The van der Waals surface area contributed by atoms with Crippen molar-refractivity contribution >= 4 is 11.7 Å². The zero-order chi connectivity index (χ0) is 8.27. The molecule has 0 aliphatic carbocycles.